The number of hydrogen-bond donors (Lipinski definition) is 0. The number of aromatic carboxylic acids is 1. The highest BCUT2D eigenvalue weighted by atomic mass is 16.5. The molecular formula is C18H16O4. The molecule has 0 aliphatic rings. The largest absolute Gasteiger partial charge is 0.545 e. The van der Waals surface area contributed by atoms with Gasteiger partial charge in [0.2, 0.25) is 0 Å². The molecule has 1 atom stereocenters. The first kappa shape index (κ1) is 15.6. The Bertz CT molecular complexity index is 699. The minimum Gasteiger partial charge on any atom is -0.545 e. The van der Waals surface area contributed by atoms with E-state index in [1.807, 2.05) is 6.92 Å². The minimum atomic E-state index is -1.24. The number of ether oxygens (including phenoxy) is 1. The first-order chi connectivity index (χ1) is 10.4. The van der Waals surface area contributed by atoms with E-state index in [0.717, 1.165) is 5.56 Å². The lowest BCUT2D eigenvalue weighted by Crippen LogP contribution is -2.29. The quantitative estimate of drug-likeness (QED) is 0.639. The number of carboxylic acids is 1. The van der Waals surface area contributed by atoms with Crippen molar-refractivity contribution < 1.29 is 19.4 Å². The van der Waals surface area contributed by atoms with Gasteiger partial charge in [0.05, 0.1) is 25.6 Å². The SMILES string of the molecule is [CH2+]C(C)(c1ccc(C(=O)OC)cc1)c1ccccc1C(=O)[O-]. The highest BCUT2D eigenvalue weighted by molar-refractivity contribution is 5.90. The van der Waals surface area contributed by atoms with E-state index in [-0.39, 0.29) is 5.56 Å². The molecule has 0 saturated heterocycles. The van der Waals surface area contributed by atoms with Crippen LogP contribution < -0.4 is 5.11 Å². The van der Waals surface area contributed by atoms with Crippen LogP contribution in [0.5, 0.6) is 0 Å². The van der Waals surface area contributed by atoms with Crippen LogP contribution in [0.25, 0.3) is 0 Å². The second-order valence-electron chi connectivity index (χ2n) is 5.23. The Morgan fingerprint density at radius 1 is 1.09 bits per heavy atom. The van der Waals surface area contributed by atoms with Gasteiger partial charge in [-0.1, -0.05) is 36.4 Å². The third-order valence-electron chi connectivity index (χ3n) is 3.68. The lowest BCUT2D eigenvalue weighted by molar-refractivity contribution is -0.255. The molecule has 22 heavy (non-hydrogen) atoms. The zero-order valence-corrected chi connectivity index (χ0v) is 12.5. The Morgan fingerprint density at radius 3 is 2.23 bits per heavy atom. The van der Waals surface area contributed by atoms with Crippen molar-refractivity contribution >= 4 is 11.9 Å². The molecule has 0 amide bonds. The molecule has 2 aromatic carbocycles. The molecule has 0 saturated carbocycles. The third kappa shape index (κ3) is 2.81. The summed E-state index contributed by atoms with van der Waals surface area (Å²) in [5.74, 6) is -1.66. The Labute approximate surface area is 129 Å². The van der Waals surface area contributed by atoms with Crippen molar-refractivity contribution in [2.24, 2.45) is 0 Å². The number of rotatable bonds is 4. The van der Waals surface area contributed by atoms with E-state index < -0.39 is 17.4 Å². The fourth-order valence-electron chi connectivity index (χ4n) is 2.39. The lowest BCUT2D eigenvalue weighted by Gasteiger charge is -2.22. The molecule has 0 fully saturated rings. The van der Waals surface area contributed by atoms with Crippen molar-refractivity contribution in [1.29, 1.82) is 0 Å². The number of hydrogen-bond acceptors (Lipinski definition) is 4. The summed E-state index contributed by atoms with van der Waals surface area (Å²) in [5, 5.41) is 11.3. The molecule has 0 N–H and O–H groups in total. The van der Waals surface area contributed by atoms with Crippen LogP contribution in [0.1, 0.15) is 38.8 Å². The summed E-state index contributed by atoms with van der Waals surface area (Å²) >= 11 is 0. The standard InChI is InChI=1S/C18H16O4/c1-18(2,15-7-5-4-6-14(15)16(19)20)13-10-8-12(9-11-13)17(21)22-3/h4-11H,1H2,2-3H3. The van der Waals surface area contributed by atoms with Crippen LogP contribution in [0.3, 0.4) is 0 Å². The van der Waals surface area contributed by atoms with Gasteiger partial charge in [-0.25, -0.2) is 4.79 Å². The molecule has 2 rings (SSSR count). The van der Waals surface area contributed by atoms with Crippen LogP contribution in [0.4, 0.5) is 0 Å². The monoisotopic (exact) mass is 296 g/mol. The maximum absolute atomic E-state index is 11.5. The van der Waals surface area contributed by atoms with Crippen molar-refractivity contribution in [3.05, 3.63) is 77.7 Å². The molecule has 0 aliphatic heterocycles. The molecular weight excluding hydrogens is 280 g/mol. The smallest absolute Gasteiger partial charge is 0.337 e. The van der Waals surface area contributed by atoms with Crippen molar-refractivity contribution in [2.75, 3.05) is 7.11 Å². The summed E-state index contributed by atoms with van der Waals surface area (Å²) in [4.78, 5) is 22.7. The number of carboxylic acid groups (broad SMARTS) is 1. The maximum atomic E-state index is 11.5. The number of carbonyl (C=O) groups excluding carboxylic acids is 2. The highest BCUT2D eigenvalue weighted by Crippen LogP contribution is 2.33. The molecule has 2 aromatic rings. The van der Waals surface area contributed by atoms with Crippen molar-refractivity contribution in [3.8, 4) is 0 Å². The molecule has 0 bridgehead atoms. The zero-order valence-electron chi connectivity index (χ0n) is 12.5. The van der Waals surface area contributed by atoms with Crippen LogP contribution in [-0.2, 0) is 10.2 Å². The Kier molecular flexibility index (Phi) is 4.22. The van der Waals surface area contributed by atoms with Crippen LogP contribution in [0.2, 0.25) is 0 Å². The molecule has 0 aromatic heterocycles. The van der Waals surface area contributed by atoms with Gasteiger partial charge >= 0.3 is 5.97 Å². The van der Waals surface area contributed by atoms with Crippen LogP contribution in [-0.4, -0.2) is 19.0 Å². The van der Waals surface area contributed by atoms with Crippen LogP contribution >= 0.6 is 0 Å². The molecule has 0 heterocycles. The summed E-state index contributed by atoms with van der Waals surface area (Å²) in [6.07, 6.45) is 0. The fraction of sp³-hybridized carbons (Fsp3) is 0.167. The van der Waals surface area contributed by atoms with Gasteiger partial charge in [-0.2, -0.15) is 0 Å². The zero-order chi connectivity index (χ0) is 16.3. The second kappa shape index (κ2) is 5.93. The molecule has 1 unspecified atom stereocenters. The van der Waals surface area contributed by atoms with E-state index in [1.165, 1.54) is 13.2 Å². The summed E-state index contributed by atoms with van der Waals surface area (Å²) in [7, 11) is 1.32. The molecule has 4 heteroatoms. The van der Waals surface area contributed by atoms with E-state index in [9.17, 15) is 14.7 Å². The number of carbonyl (C=O) groups is 2. The Hall–Kier alpha value is -2.75. The van der Waals surface area contributed by atoms with Gasteiger partial charge in [0.15, 0.2) is 5.41 Å². The van der Waals surface area contributed by atoms with E-state index in [0.29, 0.717) is 11.1 Å². The molecule has 4 nitrogen and oxygen atoms in total. The van der Waals surface area contributed by atoms with Crippen LogP contribution in [0, 0.1) is 6.92 Å². The van der Waals surface area contributed by atoms with Gasteiger partial charge in [-0.05, 0) is 19.1 Å². The van der Waals surface area contributed by atoms with Gasteiger partial charge in [0.1, 0.15) is 0 Å². The predicted octanol–water partition coefficient (Wildman–Crippen LogP) is 1.98. The molecule has 0 aliphatic carbocycles. The minimum absolute atomic E-state index is 0.108. The van der Waals surface area contributed by atoms with Gasteiger partial charge in [0.25, 0.3) is 0 Å². The van der Waals surface area contributed by atoms with Crippen molar-refractivity contribution in [1.82, 2.24) is 0 Å². The average Bonchev–Trinajstić information content (AvgIpc) is 2.54. The summed E-state index contributed by atoms with van der Waals surface area (Å²) in [6.45, 7) is 5.96. The topological polar surface area (TPSA) is 66.4 Å². The first-order valence-corrected chi connectivity index (χ1v) is 6.73. The third-order valence-corrected chi connectivity index (χ3v) is 3.68. The van der Waals surface area contributed by atoms with Gasteiger partial charge < -0.3 is 14.6 Å². The first-order valence-electron chi connectivity index (χ1n) is 6.73. The van der Waals surface area contributed by atoms with E-state index in [1.54, 1.807) is 42.5 Å². The number of benzene rings is 2. The Balaban J connectivity index is 2.47. The van der Waals surface area contributed by atoms with Gasteiger partial charge in [0, 0.05) is 16.7 Å². The predicted molar refractivity (Wildman–Crippen MR) is 80.4 cm³/mol. The lowest BCUT2D eigenvalue weighted by atomic mass is 9.76. The Morgan fingerprint density at radius 2 is 1.68 bits per heavy atom. The van der Waals surface area contributed by atoms with E-state index in [2.05, 4.69) is 11.7 Å². The summed E-state index contributed by atoms with van der Waals surface area (Å²) < 4.78 is 4.66. The summed E-state index contributed by atoms with van der Waals surface area (Å²) in [6, 6.07) is 13.4. The van der Waals surface area contributed by atoms with Crippen LogP contribution in [0.15, 0.2) is 48.5 Å². The summed E-state index contributed by atoms with van der Waals surface area (Å²) in [5.41, 5.74) is 1.09. The van der Waals surface area contributed by atoms with Gasteiger partial charge in [-0.15, -0.1) is 0 Å². The maximum Gasteiger partial charge on any atom is 0.337 e. The van der Waals surface area contributed by atoms with E-state index in [4.69, 9.17) is 0 Å². The normalized spacial score (nSPS) is 13.2. The van der Waals surface area contributed by atoms with E-state index >= 15 is 0 Å². The number of methoxy groups -OCH3 is 1. The van der Waals surface area contributed by atoms with Crippen molar-refractivity contribution in [2.45, 2.75) is 12.3 Å². The van der Waals surface area contributed by atoms with Crippen molar-refractivity contribution in [3.63, 3.8) is 0 Å². The van der Waals surface area contributed by atoms with Gasteiger partial charge in [-0.3, -0.25) is 0 Å². The molecule has 0 radical (unpaired) electrons. The fourth-order valence-corrected chi connectivity index (χ4v) is 2.39. The molecule has 0 spiro atoms. The number of esters is 1. The average molecular weight is 296 g/mol. The highest BCUT2D eigenvalue weighted by Gasteiger charge is 2.33. The second-order valence-corrected chi connectivity index (χ2v) is 5.23. The molecule has 112 valence electrons.